The Hall–Kier alpha value is -3.10. The molecule has 1 fully saturated rings. The lowest BCUT2D eigenvalue weighted by molar-refractivity contribution is -0.161. The molecule has 0 unspecified atom stereocenters. The number of hydrogen-bond acceptors (Lipinski definition) is 5. The van der Waals surface area contributed by atoms with Crippen molar-refractivity contribution < 1.29 is 19.1 Å². The molecule has 1 aromatic heterocycles. The molecule has 32 heavy (non-hydrogen) atoms. The lowest BCUT2D eigenvalue weighted by Crippen LogP contribution is -2.58. The van der Waals surface area contributed by atoms with Crippen LogP contribution in [0.1, 0.15) is 12.8 Å². The van der Waals surface area contributed by atoms with E-state index < -0.39 is 11.5 Å². The molecule has 9 heteroatoms. The molecule has 1 aliphatic rings. The van der Waals surface area contributed by atoms with Gasteiger partial charge in [-0.25, -0.2) is 0 Å². The summed E-state index contributed by atoms with van der Waals surface area (Å²) in [5.74, 6) is 0.0473. The van der Waals surface area contributed by atoms with E-state index in [1.165, 1.54) is 0 Å². The van der Waals surface area contributed by atoms with Crippen LogP contribution in [0, 0.1) is 0 Å². The summed E-state index contributed by atoms with van der Waals surface area (Å²) < 4.78 is 13.6. The van der Waals surface area contributed by atoms with Crippen molar-refractivity contribution >= 4 is 34.3 Å². The van der Waals surface area contributed by atoms with Gasteiger partial charge in [-0.15, -0.1) is 0 Å². The molecule has 0 spiro atoms. The summed E-state index contributed by atoms with van der Waals surface area (Å²) in [7, 11) is 0. The number of aromatic nitrogens is 2. The number of aryl methyl sites for hydroxylation is 1. The largest absolute Gasteiger partial charge is 0.490 e. The Kier molecular flexibility index (Phi) is 6.62. The van der Waals surface area contributed by atoms with Gasteiger partial charge in [0.15, 0.2) is 0 Å². The SMILES string of the molecule is NC(=O)C[C@@]1(COc2ccc(Cl)cc2)CN(C(=O)CCn2ncc3ccccc32)CCO1. The van der Waals surface area contributed by atoms with Crippen LogP contribution in [0.4, 0.5) is 0 Å². The number of para-hydroxylation sites is 1. The molecule has 168 valence electrons. The van der Waals surface area contributed by atoms with Gasteiger partial charge in [0.25, 0.3) is 0 Å². The van der Waals surface area contributed by atoms with Crippen molar-refractivity contribution in [3.63, 3.8) is 0 Å². The number of halogens is 1. The maximum absolute atomic E-state index is 13.0. The van der Waals surface area contributed by atoms with Crippen molar-refractivity contribution in [1.29, 1.82) is 0 Å². The molecule has 0 radical (unpaired) electrons. The van der Waals surface area contributed by atoms with Crippen molar-refractivity contribution in [3.8, 4) is 5.75 Å². The van der Waals surface area contributed by atoms with E-state index in [0.29, 0.717) is 30.5 Å². The average molecular weight is 457 g/mol. The zero-order chi connectivity index (χ0) is 22.6. The second kappa shape index (κ2) is 9.58. The van der Waals surface area contributed by atoms with Crippen molar-refractivity contribution in [3.05, 3.63) is 59.8 Å². The molecule has 0 saturated carbocycles. The number of primary amides is 1. The van der Waals surface area contributed by atoms with Crippen LogP contribution in [-0.4, -0.2) is 58.4 Å². The molecule has 1 saturated heterocycles. The highest BCUT2D eigenvalue weighted by Gasteiger charge is 2.40. The van der Waals surface area contributed by atoms with E-state index >= 15 is 0 Å². The number of fused-ring (bicyclic) bond motifs is 1. The van der Waals surface area contributed by atoms with Crippen LogP contribution in [0.25, 0.3) is 10.9 Å². The van der Waals surface area contributed by atoms with Crippen LogP contribution in [0.3, 0.4) is 0 Å². The topological polar surface area (TPSA) is 99.7 Å². The number of nitrogens with two attached hydrogens (primary N) is 1. The fraction of sp³-hybridized carbons (Fsp3) is 0.348. The van der Waals surface area contributed by atoms with E-state index in [-0.39, 0.29) is 31.9 Å². The number of benzene rings is 2. The highest BCUT2D eigenvalue weighted by atomic mass is 35.5. The molecule has 2 amide bonds. The third-order valence-corrected chi connectivity index (χ3v) is 5.75. The lowest BCUT2D eigenvalue weighted by atomic mass is 9.97. The highest BCUT2D eigenvalue weighted by molar-refractivity contribution is 6.30. The Morgan fingerprint density at radius 3 is 2.75 bits per heavy atom. The van der Waals surface area contributed by atoms with Gasteiger partial charge >= 0.3 is 0 Å². The van der Waals surface area contributed by atoms with Gasteiger partial charge in [0.1, 0.15) is 18.0 Å². The van der Waals surface area contributed by atoms with Gasteiger partial charge in [0.05, 0.1) is 37.8 Å². The Balaban J connectivity index is 1.41. The first-order chi connectivity index (χ1) is 15.4. The highest BCUT2D eigenvalue weighted by Crippen LogP contribution is 2.25. The van der Waals surface area contributed by atoms with Gasteiger partial charge < -0.3 is 20.1 Å². The first kappa shape index (κ1) is 22.1. The Bertz CT molecular complexity index is 1100. The molecular formula is C23H25ClN4O4. The summed E-state index contributed by atoms with van der Waals surface area (Å²) in [6.45, 7) is 1.52. The van der Waals surface area contributed by atoms with E-state index in [9.17, 15) is 9.59 Å². The molecule has 3 aromatic rings. The van der Waals surface area contributed by atoms with Crippen molar-refractivity contribution in [2.24, 2.45) is 5.73 Å². The molecule has 0 bridgehead atoms. The third-order valence-electron chi connectivity index (χ3n) is 5.50. The van der Waals surface area contributed by atoms with E-state index in [2.05, 4.69) is 5.10 Å². The number of carbonyl (C=O) groups excluding carboxylic acids is 2. The predicted molar refractivity (Wildman–Crippen MR) is 120 cm³/mol. The fourth-order valence-electron chi connectivity index (χ4n) is 3.93. The van der Waals surface area contributed by atoms with Crippen LogP contribution in [0.2, 0.25) is 5.02 Å². The Labute approximate surface area is 190 Å². The normalized spacial score (nSPS) is 18.6. The molecule has 1 atom stereocenters. The van der Waals surface area contributed by atoms with Gasteiger partial charge in [-0.2, -0.15) is 5.10 Å². The summed E-state index contributed by atoms with van der Waals surface area (Å²) in [5.41, 5.74) is 5.47. The smallest absolute Gasteiger partial charge is 0.224 e. The Morgan fingerprint density at radius 2 is 1.97 bits per heavy atom. The summed E-state index contributed by atoms with van der Waals surface area (Å²) in [6, 6.07) is 14.8. The summed E-state index contributed by atoms with van der Waals surface area (Å²) in [5, 5.41) is 6.01. The number of nitrogens with zero attached hydrogens (tertiary/aromatic N) is 3. The van der Waals surface area contributed by atoms with Crippen LogP contribution < -0.4 is 10.5 Å². The second-order valence-electron chi connectivity index (χ2n) is 7.91. The van der Waals surface area contributed by atoms with E-state index in [4.69, 9.17) is 26.8 Å². The molecule has 8 nitrogen and oxygen atoms in total. The van der Waals surface area contributed by atoms with Crippen molar-refractivity contribution in [1.82, 2.24) is 14.7 Å². The predicted octanol–water partition coefficient (Wildman–Crippen LogP) is 2.63. The number of ether oxygens (including phenoxy) is 2. The number of carbonyl (C=O) groups is 2. The quantitative estimate of drug-likeness (QED) is 0.561. The number of amides is 2. The summed E-state index contributed by atoms with van der Waals surface area (Å²) in [4.78, 5) is 26.4. The van der Waals surface area contributed by atoms with Gasteiger partial charge in [-0.3, -0.25) is 14.3 Å². The van der Waals surface area contributed by atoms with Gasteiger partial charge in [0.2, 0.25) is 11.8 Å². The second-order valence-corrected chi connectivity index (χ2v) is 8.35. The molecule has 0 aliphatic carbocycles. The molecule has 2 aromatic carbocycles. The first-order valence-electron chi connectivity index (χ1n) is 10.4. The Morgan fingerprint density at radius 1 is 1.19 bits per heavy atom. The zero-order valence-corrected chi connectivity index (χ0v) is 18.3. The van der Waals surface area contributed by atoms with E-state index in [1.807, 2.05) is 28.9 Å². The van der Waals surface area contributed by atoms with Gasteiger partial charge in [-0.1, -0.05) is 29.8 Å². The molecular weight excluding hydrogens is 432 g/mol. The molecule has 4 rings (SSSR count). The first-order valence-corrected chi connectivity index (χ1v) is 10.8. The zero-order valence-electron chi connectivity index (χ0n) is 17.6. The number of morpholine rings is 1. The fourth-order valence-corrected chi connectivity index (χ4v) is 4.06. The lowest BCUT2D eigenvalue weighted by Gasteiger charge is -2.42. The molecule has 2 N–H and O–H groups in total. The third kappa shape index (κ3) is 5.20. The minimum atomic E-state index is -1.00. The van der Waals surface area contributed by atoms with Crippen LogP contribution in [-0.2, 0) is 20.9 Å². The minimum absolute atomic E-state index is 0.0341. The van der Waals surface area contributed by atoms with Gasteiger partial charge in [-0.05, 0) is 30.3 Å². The minimum Gasteiger partial charge on any atom is -0.490 e. The molecule has 1 aliphatic heterocycles. The number of rotatable bonds is 8. The summed E-state index contributed by atoms with van der Waals surface area (Å²) >= 11 is 5.92. The van der Waals surface area contributed by atoms with E-state index in [1.54, 1.807) is 35.4 Å². The van der Waals surface area contributed by atoms with E-state index in [0.717, 1.165) is 10.9 Å². The summed E-state index contributed by atoms with van der Waals surface area (Å²) in [6.07, 6.45) is 2.03. The van der Waals surface area contributed by atoms with Gasteiger partial charge in [0, 0.05) is 23.4 Å². The molecule has 2 heterocycles. The monoisotopic (exact) mass is 456 g/mol. The van der Waals surface area contributed by atoms with Crippen LogP contribution in [0.5, 0.6) is 5.75 Å². The maximum atomic E-state index is 13.0. The van der Waals surface area contributed by atoms with Crippen LogP contribution in [0.15, 0.2) is 54.7 Å². The van der Waals surface area contributed by atoms with Crippen molar-refractivity contribution in [2.75, 3.05) is 26.3 Å². The van der Waals surface area contributed by atoms with Crippen LogP contribution >= 0.6 is 11.6 Å². The average Bonchev–Trinajstić information content (AvgIpc) is 3.20. The van der Waals surface area contributed by atoms with Crippen molar-refractivity contribution in [2.45, 2.75) is 25.0 Å². The standard InChI is InChI=1S/C23H25ClN4O4/c24-18-5-7-19(8-6-18)31-16-23(13-21(25)29)15-27(11-12-32-23)22(30)9-10-28-20-4-2-1-3-17(20)14-26-28/h1-8,14H,9-13,15-16H2,(H2,25,29)/t23-/m0/s1. The number of hydrogen-bond donors (Lipinski definition) is 1. The maximum Gasteiger partial charge on any atom is 0.224 e.